The summed E-state index contributed by atoms with van der Waals surface area (Å²) < 4.78 is 20.4. The highest BCUT2D eigenvalue weighted by Gasteiger charge is 2.21. The molecule has 0 aliphatic heterocycles. The van der Waals surface area contributed by atoms with Gasteiger partial charge in [-0.3, -0.25) is 4.98 Å². The van der Waals surface area contributed by atoms with Gasteiger partial charge in [0.15, 0.2) is 23.2 Å². The third-order valence-corrected chi connectivity index (χ3v) is 3.58. The van der Waals surface area contributed by atoms with E-state index in [0.29, 0.717) is 17.0 Å². The number of aromatic nitrogens is 6. The Morgan fingerprint density at radius 2 is 2.12 bits per heavy atom. The zero-order valence-electron chi connectivity index (χ0n) is 12.6. The first kappa shape index (κ1) is 14.7. The van der Waals surface area contributed by atoms with Crippen LogP contribution in [0, 0.1) is 12.4 Å². The van der Waals surface area contributed by atoms with Crippen LogP contribution in [0.25, 0.3) is 27.4 Å². The Balaban J connectivity index is 1.90. The highest BCUT2D eigenvalue weighted by Crippen LogP contribution is 2.28. The first-order valence-electron chi connectivity index (χ1n) is 7.09. The Hall–Kier alpha value is -3.87. The van der Waals surface area contributed by atoms with Gasteiger partial charge in [0.25, 0.3) is 5.82 Å². The number of rotatable bonds is 3. The lowest BCUT2D eigenvalue weighted by atomic mass is 10.3. The van der Waals surface area contributed by atoms with E-state index in [9.17, 15) is 4.39 Å². The van der Waals surface area contributed by atoms with Crippen LogP contribution in [0.15, 0.2) is 35.2 Å². The summed E-state index contributed by atoms with van der Waals surface area (Å²) in [6.45, 7) is 7.15. The van der Waals surface area contributed by atoms with Crippen LogP contribution in [0.1, 0.15) is 5.69 Å². The Kier molecular flexibility index (Phi) is 3.32. The molecule has 3 heterocycles. The largest absolute Gasteiger partial charge is 0.379 e. The first-order valence-corrected chi connectivity index (χ1v) is 7.09. The molecule has 0 saturated heterocycles. The molecule has 0 aliphatic rings. The van der Waals surface area contributed by atoms with E-state index in [1.165, 1.54) is 18.5 Å². The molecule has 0 saturated carbocycles. The number of anilines is 1. The minimum absolute atomic E-state index is 0.0476. The van der Waals surface area contributed by atoms with E-state index in [-0.39, 0.29) is 29.4 Å². The van der Waals surface area contributed by atoms with Crippen molar-refractivity contribution in [3.8, 4) is 11.5 Å². The number of hydrogen-bond acceptors (Lipinski definition) is 7. The lowest BCUT2D eigenvalue weighted by molar-refractivity contribution is 0.310. The van der Waals surface area contributed by atoms with Gasteiger partial charge >= 0.3 is 0 Å². The minimum atomic E-state index is -0.470. The van der Waals surface area contributed by atoms with Crippen molar-refractivity contribution < 1.29 is 9.02 Å². The van der Waals surface area contributed by atoms with Gasteiger partial charge in [0, 0.05) is 0 Å². The SMILES string of the molecule is [C-]#[N+]c1cnc(Cn2c(-c3nonc3N)nc3c(F)cccc32)cn1. The first-order chi connectivity index (χ1) is 12.2. The zero-order valence-corrected chi connectivity index (χ0v) is 12.6. The third-order valence-electron chi connectivity index (χ3n) is 3.58. The van der Waals surface area contributed by atoms with E-state index in [0.717, 1.165) is 0 Å². The maximum Gasteiger partial charge on any atom is 0.287 e. The summed E-state index contributed by atoms with van der Waals surface area (Å²) in [4.78, 5) is 15.7. The summed E-state index contributed by atoms with van der Waals surface area (Å²) in [6.07, 6.45) is 2.85. The molecule has 25 heavy (non-hydrogen) atoms. The second kappa shape index (κ2) is 5.64. The Morgan fingerprint density at radius 1 is 1.24 bits per heavy atom. The predicted molar refractivity (Wildman–Crippen MR) is 84.8 cm³/mol. The number of halogens is 1. The summed E-state index contributed by atoms with van der Waals surface area (Å²) >= 11 is 0. The molecule has 0 atom stereocenters. The number of para-hydroxylation sites is 1. The van der Waals surface area contributed by atoms with E-state index < -0.39 is 5.82 Å². The minimum Gasteiger partial charge on any atom is -0.379 e. The van der Waals surface area contributed by atoms with Crippen molar-refractivity contribution in [3.63, 3.8) is 0 Å². The molecular formula is C15H9FN8O. The van der Waals surface area contributed by atoms with Gasteiger partial charge in [0.05, 0.1) is 18.3 Å². The summed E-state index contributed by atoms with van der Waals surface area (Å²) in [7, 11) is 0. The molecule has 4 aromatic rings. The van der Waals surface area contributed by atoms with Crippen molar-refractivity contribution in [1.29, 1.82) is 0 Å². The van der Waals surface area contributed by atoms with Crippen LogP contribution < -0.4 is 5.73 Å². The van der Waals surface area contributed by atoms with E-state index in [1.54, 1.807) is 16.7 Å². The lowest BCUT2D eigenvalue weighted by Gasteiger charge is -2.06. The second-order valence-corrected chi connectivity index (χ2v) is 5.10. The molecule has 0 bridgehead atoms. The highest BCUT2D eigenvalue weighted by molar-refractivity contribution is 5.82. The monoisotopic (exact) mass is 336 g/mol. The van der Waals surface area contributed by atoms with E-state index in [2.05, 4.69) is 34.7 Å². The molecular weight excluding hydrogens is 327 g/mol. The molecule has 0 radical (unpaired) electrons. The van der Waals surface area contributed by atoms with Crippen LogP contribution in [0.3, 0.4) is 0 Å². The highest BCUT2D eigenvalue weighted by atomic mass is 19.1. The molecule has 0 fully saturated rings. The molecule has 10 heteroatoms. The standard InChI is InChI=1S/C15H9FN8O/c1-18-11-6-19-8(5-20-11)7-24-10-4-2-3-9(16)12(10)21-15(24)13-14(17)23-25-22-13/h2-6H,7H2,(H2,17,23). The van der Waals surface area contributed by atoms with Crippen molar-refractivity contribution in [2.24, 2.45) is 0 Å². The van der Waals surface area contributed by atoms with Gasteiger partial charge in [-0.1, -0.05) is 12.6 Å². The molecule has 0 amide bonds. The molecule has 3 aromatic heterocycles. The third kappa shape index (κ3) is 2.43. The zero-order chi connectivity index (χ0) is 17.4. The fourth-order valence-corrected chi connectivity index (χ4v) is 2.45. The van der Waals surface area contributed by atoms with Gasteiger partial charge < -0.3 is 15.1 Å². The van der Waals surface area contributed by atoms with Crippen LogP contribution in [0.4, 0.5) is 16.0 Å². The average molecular weight is 336 g/mol. The molecule has 4 rings (SSSR count). The topological polar surface area (TPSA) is 113 Å². The summed E-state index contributed by atoms with van der Waals surface area (Å²) in [5, 5.41) is 7.29. The van der Waals surface area contributed by atoms with E-state index in [1.807, 2.05) is 0 Å². The molecule has 2 N–H and O–H groups in total. The number of benzene rings is 1. The fourth-order valence-electron chi connectivity index (χ4n) is 2.45. The molecule has 9 nitrogen and oxygen atoms in total. The van der Waals surface area contributed by atoms with Crippen LogP contribution in [0.2, 0.25) is 0 Å². The summed E-state index contributed by atoms with van der Waals surface area (Å²) in [5.41, 5.74) is 7.24. The van der Waals surface area contributed by atoms with Crippen molar-refractivity contribution >= 4 is 22.7 Å². The summed E-state index contributed by atoms with van der Waals surface area (Å²) in [6, 6.07) is 4.62. The van der Waals surface area contributed by atoms with Crippen molar-refractivity contribution in [2.45, 2.75) is 6.54 Å². The molecule has 122 valence electrons. The van der Waals surface area contributed by atoms with Crippen molar-refractivity contribution in [1.82, 2.24) is 29.8 Å². The van der Waals surface area contributed by atoms with E-state index >= 15 is 0 Å². The number of nitrogens with two attached hydrogens (primary N) is 1. The predicted octanol–water partition coefficient (Wildman–Crippen LogP) is 2.20. The van der Waals surface area contributed by atoms with Crippen LogP contribution in [-0.4, -0.2) is 29.8 Å². The lowest BCUT2D eigenvalue weighted by Crippen LogP contribution is -2.05. The van der Waals surface area contributed by atoms with Crippen molar-refractivity contribution in [3.05, 3.63) is 53.5 Å². The van der Waals surface area contributed by atoms with E-state index in [4.69, 9.17) is 12.3 Å². The van der Waals surface area contributed by atoms with Gasteiger partial charge in [-0.2, -0.15) is 0 Å². The number of hydrogen-bond donors (Lipinski definition) is 1. The van der Waals surface area contributed by atoms with Gasteiger partial charge in [0.1, 0.15) is 17.4 Å². The van der Waals surface area contributed by atoms with Crippen LogP contribution in [0.5, 0.6) is 0 Å². The Bertz CT molecular complexity index is 1110. The van der Waals surface area contributed by atoms with Gasteiger partial charge in [-0.15, -0.1) is 4.98 Å². The fraction of sp³-hybridized carbons (Fsp3) is 0.0667. The quantitative estimate of drug-likeness (QED) is 0.570. The van der Waals surface area contributed by atoms with Crippen LogP contribution in [-0.2, 0) is 6.54 Å². The number of nitrogen functional groups attached to an aromatic ring is 1. The normalized spacial score (nSPS) is 10.9. The molecule has 0 unspecified atom stereocenters. The van der Waals surface area contributed by atoms with Crippen LogP contribution >= 0.6 is 0 Å². The van der Waals surface area contributed by atoms with Gasteiger partial charge in [-0.25, -0.2) is 14.0 Å². The maximum absolute atomic E-state index is 14.1. The Labute approximate surface area is 139 Å². The molecule has 0 aliphatic carbocycles. The second-order valence-electron chi connectivity index (χ2n) is 5.10. The average Bonchev–Trinajstić information content (AvgIpc) is 3.20. The Morgan fingerprint density at radius 3 is 2.80 bits per heavy atom. The number of imidazole rings is 1. The van der Waals surface area contributed by atoms with Crippen molar-refractivity contribution in [2.75, 3.05) is 5.73 Å². The smallest absolute Gasteiger partial charge is 0.287 e. The van der Waals surface area contributed by atoms with Gasteiger partial charge in [0.2, 0.25) is 0 Å². The summed E-state index contributed by atoms with van der Waals surface area (Å²) in [5.74, 6) is 0.0683. The molecule has 0 spiro atoms. The molecule has 1 aromatic carbocycles. The maximum atomic E-state index is 14.1. The number of nitrogens with zero attached hydrogens (tertiary/aromatic N) is 7. The van der Waals surface area contributed by atoms with Gasteiger partial charge in [-0.05, 0) is 22.4 Å². The number of fused-ring (bicyclic) bond motifs is 1.